The van der Waals surface area contributed by atoms with Crippen LogP contribution < -0.4 is 4.74 Å². The quantitative estimate of drug-likeness (QED) is 0.612. The third-order valence-corrected chi connectivity index (χ3v) is 3.68. The number of aromatic nitrogens is 4. The number of nitrogens with zero attached hydrogens (tertiary/aromatic N) is 4. The van der Waals surface area contributed by atoms with Crippen LogP contribution in [0.5, 0.6) is 5.75 Å². The Kier molecular flexibility index (Phi) is 5.01. The molecule has 0 fully saturated rings. The van der Waals surface area contributed by atoms with Gasteiger partial charge in [0.1, 0.15) is 5.75 Å². The van der Waals surface area contributed by atoms with E-state index in [4.69, 9.17) is 0 Å². The number of hydrogen-bond acceptors (Lipinski definition) is 4. The highest BCUT2D eigenvalue weighted by molar-refractivity contribution is 5.61. The fourth-order valence-electron chi connectivity index (χ4n) is 2.45. The maximum absolute atomic E-state index is 13.2. The van der Waals surface area contributed by atoms with E-state index < -0.39 is 25.6 Å². The van der Waals surface area contributed by atoms with Gasteiger partial charge < -0.3 is 4.74 Å². The molecule has 2 heterocycles. The number of fused-ring (bicyclic) bond motifs is 1. The number of hydrogen-bond donors (Lipinski definition) is 0. The first kappa shape index (κ1) is 18.0. The van der Waals surface area contributed by atoms with Crippen LogP contribution in [0.3, 0.4) is 0 Å². The topological polar surface area (TPSA) is 52.3 Å². The first-order valence-corrected chi connectivity index (χ1v) is 7.61. The second kappa shape index (κ2) is 7.22. The van der Waals surface area contributed by atoms with Crippen molar-refractivity contribution in [3.63, 3.8) is 0 Å². The van der Waals surface area contributed by atoms with Gasteiger partial charge in [0, 0.05) is 5.56 Å². The van der Waals surface area contributed by atoms with Crippen molar-refractivity contribution in [3.05, 3.63) is 42.2 Å². The Hall–Kier alpha value is -2.78. The average Bonchev–Trinajstić information content (AvgIpc) is 3.02. The molecule has 0 radical (unpaired) electrons. The van der Waals surface area contributed by atoms with Gasteiger partial charge in [0.25, 0.3) is 0 Å². The van der Waals surface area contributed by atoms with Crippen molar-refractivity contribution in [2.75, 3.05) is 13.3 Å². The van der Waals surface area contributed by atoms with Crippen molar-refractivity contribution in [2.24, 2.45) is 0 Å². The Bertz CT molecular complexity index is 878. The predicted molar refractivity (Wildman–Crippen MR) is 82.2 cm³/mol. The fourth-order valence-corrected chi connectivity index (χ4v) is 2.45. The van der Waals surface area contributed by atoms with Gasteiger partial charge >= 0.3 is 6.36 Å². The SMILES string of the molecule is FCC[C@H](CF)c1nnc2ccc(-c3ccc(OC(F)(F)F)cc3)nn12. The fraction of sp³-hybridized carbons (Fsp3) is 0.312. The minimum Gasteiger partial charge on any atom is -0.406 e. The van der Waals surface area contributed by atoms with Gasteiger partial charge in [-0.3, -0.25) is 8.78 Å². The largest absolute Gasteiger partial charge is 0.573 e. The van der Waals surface area contributed by atoms with Crippen LogP contribution in [0.15, 0.2) is 36.4 Å². The van der Waals surface area contributed by atoms with Gasteiger partial charge in [-0.15, -0.1) is 23.4 Å². The summed E-state index contributed by atoms with van der Waals surface area (Å²) in [4.78, 5) is 0. The zero-order chi connectivity index (χ0) is 18.7. The summed E-state index contributed by atoms with van der Waals surface area (Å²) in [5, 5.41) is 12.0. The number of rotatable bonds is 6. The van der Waals surface area contributed by atoms with E-state index in [1.807, 2.05) is 0 Å². The summed E-state index contributed by atoms with van der Waals surface area (Å²) in [5.74, 6) is -0.938. The zero-order valence-electron chi connectivity index (χ0n) is 13.2. The maximum atomic E-state index is 13.2. The van der Waals surface area contributed by atoms with Crippen molar-refractivity contribution in [1.82, 2.24) is 19.8 Å². The summed E-state index contributed by atoms with van der Waals surface area (Å²) >= 11 is 0. The summed E-state index contributed by atoms with van der Waals surface area (Å²) in [6.07, 6.45) is -4.82. The Morgan fingerprint density at radius 1 is 1.00 bits per heavy atom. The molecular weight excluding hydrogens is 359 g/mol. The Balaban J connectivity index is 1.93. The van der Waals surface area contributed by atoms with Crippen molar-refractivity contribution >= 4 is 5.65 Å². The molecule has 0 saturated carbocycles. The van der Waals surface area contributed by atoms with Gasteiger partial charge in [0.05, 0.1) is 25.0 Å². The zero-order valence-corrected chi connectivity index (χ0v) is 13.2. The van der Waals surface area contributed by atoms with Crippen LogP contribution in [-0.2, 0) is 0 Å². The highest BCUT2D eigenvalue weighted by atomic mass is 19.4. The second-order valence-corrected chi connectivity index (χ2v) is 5.45. The number of benzene rings is 1. The van der Waals surface area contributed by atoms with Crippen LogP contribution in [-0.4, -0.2) is 39.5 Å². The van der Waals surface area contributed by atoms with E-state index in [0.29, 0.717) is 16.9 Å². The molecule has 0 aliphatic heterocycles. The molecule has 1 atom stereocenters. The lowest BCUT2D eigenvalue weighted by Gasteiger charge is -2.10. The van der Waals surface area contributed by atoms with Gasteiger partial charge in [0.15, 0.2) is 11.5 Å². The Morgan fingerprint density at radius 2 is 1.73 bits per heavy atom. The normalized spacial score (nSPS) is 13.1. The summed E-state index contributed by atoms with van der Waals surface area (Å²) < 4.78 is 67.5. The first-order chi connectivity index (χ1) is 12.4. The molecule has 0 bridgehead atoms. The smallest absolute Gasteiger partial charge is 0.406 e. The molecule has 0 unspecified atom stereocenters. The molecule has 0 saturated heterocycles. The summed E-state index contributed by atoms with van der Waals surface area (Å²) in [7, 11) is 0. The average molecular weight is 372 g/mol. The third kappa shape index (κ3) is 3.89. The molecule has 0 aliphatic carbocycles. The number of halogens is 5. The van der Waals surface area contributed by atoms with Crippen molar-refractivity contribution in [1.29, 1.82) is 0 Å². The maximum Gasteiger partial charge on any atom is 0.573 e. The monoisotopic (exact) mass is 372 g/mol. The highest BCUT2D eigenvalue weighted by Crippen LogP contribution is 2.26. The van der Waals surface area contributed by atoms with Crippen molar-refractivity contribution in [2.45, 2.75) is 18.7 Å². The predicted octanol–water partition coefficient (Wildman–Crippen LogP) is 4.10. The molecule has 0 amide bonds. The molecule has 2 aromatic heterocycles. The van der Waals surface area contributed by atoms with E-state index in [-0.39, 0.29) is 18.0 Å². The molecule has 0 spiro atoms. The van der Waals surface area contributed by atoms with E-state index >= 15 is 0 Å². The third-order valence-electron chi connectivity index (χ3n) is 3.68. The van der Waals surface area contributed by atoms with Gasteiger partial charge in [-0.1, -0.05) is 0 Å². The van der Waals surface area contributed by atoms with Crippen LogP contribution >= 0.6 is 0 Å². The molecular formula is C16H13F5N4O. The molecule has 138 valence electrons. The molecule has 0 aliphatic rings. The van der Waals surface area contributed by atoms with Gasteiger partial charge in [-0.25, -0.2) is 0 Å². The van der Waals surface area contributed by atoms with Crippen molar-refractivity contribution in [3.8, 4) is 17.0 Å². The van der Waals surface area contributed by atoms with E-state index in [0.717, 1.165) is 12.1 Å². The van der Waals surface area contributed by atoms with Crippen LogP contribution in [0.4, 0.5) is 22.0 Å². The van der Waals surface area contributed by atoms with Gasteiger partial charge in [-0.2, -0.15) is 9.61 Å². The highest BCUT2D eigenvalue weighted by Gasteiger charge is 2.31. The number of alkyl halides is 5. The molecule has 3 rings (SSSR count). The molecule has 10 heteroatoms. The second-order valence-electron chi connectivity index (χ2n) is 5.45. The first-order valence-electron chi connectivity index (χ1n) is 7.61. The Labute approximate surface area is 144 Å². The van der Waals surface area contributed by atoms with Gasteiger partial charge in [-0.05, 0) is 42.8 Å². The van der Waals surface area contributed by atoms with Crippen LogP contribution in [0.25, 0.3) is 16.9 Å². The van der Waals surface area contributed by atoms with E-state index in [1.54, 1.807) is 12.1 Å². The lowest BCUT2D eigenvalue weighted by molar-refractivity contribution is -0.274. The lowest BCUT2D eigenvalue weighted by atomic mass is 10.1. The standard InChI is InChI=1S/C16H13F5N4O/c17-8-7-11(9-18)15-23-22-14-6-5-13(24-25(14)15)10-1-3-12(4-2-10)26-16(19,20)21/h1-6,11H,7-9H2/t11-/m1/s1. The summed E-state index contributed by atoms with van der Waals surface area (Å²) in [6, 6.07) is 8.34. The summed E-state index contributed by atoms with van der Waals surface area (Å²) in [6.45, 7) is -1.51. The molecule has 3 aromatic rings. The molecule has 0 N–H and O–H groups in total. The molecule has 26 heavy (non-hydrogen) atoms. The van der Waals surface area contributed by atoms with E-state index in [1.165, 1.54) is 16.6 Å². The number of ether oxygens (including phenoxy) is 1. The van der Waals surface area contributed by atoms with Crippen LogP contribution in [0.2, 0.25) is 0 Å². The van der Waals surface area contributed by atoms with Gasteiger partial charge in [0.2, 0.25) is 0 Å². The molecule has 1 aromatic carbocycles. The van der Waals surface area contributed by atoms with E-state index in [2.05, 4.69) is 20.0 Å². The van der Waals surface area contributed by atoms with Crippen molar-refractivity contribution < 1.29 is 26.7 Å². The Morgan fingerprint density at radius 3 is 2.35 bits per heavy atom. The van der Waals surface area contributed by atoms with Crippen LogP contribution in [0.1, 0.15) is 18.2 Å². The molecule has 5 nitrogen and oxygen atoms in total. The lowest BCUT2D eigenvalue weighted by Crippen LogP contribution is -2.16. The van der Waals surface area contributed by atoms with E-state index in [9.17, 15) is 22.0 Å². The summed E-state index contributed by atoms with van der Waals surface area (Å²) in [5.41, 5.74) is 1.29. The minimum absolute atomic E-state index is 0.0489. The minimum atomic E-state index is -4.77. The van der Waals surface area contributed by atoms with Crippen LogP contribution in [0, 0.1) is 0 Å².